The highest BCUT2D eigenvalue weighted by atomic mass is 35.5. The van der Waals surface area contributed by atoms with Crippen LogP contribution in [-0.4, -0.2) is 8.42 Å². The lowest BCUT2D eigenvalue weighted by atomic mass is 10.1. The van der Waals surface area contributed by atoms with Crippen molar-refractivity contribution in [3.05, 3.63) is 45.8 Å². The lowest BCUT2D eigenvalue weighted by Gasteiger charge is -2.09. The molecule has 1 aromatic heterocycles. The Morgan fingerprint density at radius 2 is 1.89 bits per heavy atom. The Kier molecular flexibility index (Phi) is 3.66. The van der Waals surface area contributed by atoms with Crippen molar-refractivity contribution in [1.29, 1.82) is 0 Å². The Labute approximate surface area is 115 Å². The van der Waals surface area contributed by atoms with Crippen molar-refractivity contribution in [2.45, 2.75) is 18.1 Å². The van der Waals surface area contributed by atoms with Crippen LogP contribution in [0.2, 0.25) is 4.34 Å². The van der Waals surface area contributed by atoms with Crippen LogP contribution in [0.25, 0.3) is 0 Å². The van der Waals surface area contributed by atoms with Gasteiger partial charge < -0.3 is 0 Å². The second kappa shape index (κ2) is 4.91. The van der Waals surface area contributed by atoms with E-state index in [-0.39, 0.29) is 4.21 Å². The average Bonchev–Trinajstić information content (AvgIpc) is 2.70. The Morgan fingerprint density at radius 1 is 1.17 bits per heavy atom. The Hall–Kier alpha value is -1.04. The Balaban J connectivity index is 2.33. The molecule has 1 N–H and O–H groups in total. The summed E-state index contributed by atoms with van der Waals surface area (Å²) in [6, 6.07) is 8.63. The third-order valence-electron chi connectivity index (χ3n) is 2.44. The van der Waals surface area contributed by atoms with Crippen molar-refractivity contribution in [2.75, 3.05) is 4.72 Å². The lowest BCUT2D eigenvalue weighted by molar-refractivity contribution is 0.603. The Bertz CT molecular complexity index is 677. The number of nitrogens with one attached hydrogen (secondary N) is 1. The van der Waals surface area contributed by atoms with Crippen LogP contribution in [0.3, 0.4) is 0 Å². The second-order valence-electron chi connectivity index (χ2n) is 3.98. The van der Waals surface area contributed by atoms with Crippen LogP contribution in [0, 0.1) is 13.8 Å². The van der Waals surface area contributed by atoms with Crippen molar-refractivity contribution in [3.8, 4) is 0 Å². The number of thiophene rings is 1. The first-order valence-electron chi connectivity index (χ1n) is 5.24. The SMILES string of the molecule is Cc1ccc(NS(=O)(=O)c2ccc(Cl)s2)c(C)c1. The summed E-state index contributed by atoms with van der Waals surface area (Å²) >= 11 is 6.79. The van der Waals surface area contributed by atoms with Gasteiger partial charge in [-0.3, -0.25) is 4.72 Å². The van der Waals surface area contributed by atoms with Crippen LogP contribution in [0.1, 0.15) is 11.1 Å². The molecule has 0 fully saturated rings. The number of sulfonamides is 1. The number of aryl methyl sites for hydroxylation is 2. The monoisotopic (exact) mass is 301 g/mol. The van der Waals surface area contributed by atoms with Gasteiger partial charge in [-0.1, -0.05) is 29.3 Å². The molecule has 0 aliphatic heterocycles. The molecular weight excluding hydrogens is 290 g/mol. The van der Waals surface area contributed by atoms with Crippen molar-refractivity contribution in [3.63, 3.8) is 0 Å². The molecule has 0 saturated heterocycles. The third kappa shape index (κ3) is 2.85. The fraction of sp³-hybridized carbons (Fsp3) is 0.167. The molecule has 3 nitrogen and oxygen atoms in total. The first-order valence-corrected chi connectivity index (χ1v) is 7.92. The molecule has 0 aliphatic carbocycles. The molecule has 1 aromatic carbocycles. The molecule has 6 heteroatoms. The molecule has 0 saturated carbocycles. The number of hydrogen-bond acceptors (Lipinski definition) is 3. The van der Waals surface area contributed by atoms with Crippen LogP contribution >= 0.6 is 22.9 Å². The maximum absolute atomic E-state index is 12.1. The number of halogens is 1. The van der Waals surface area contributed by atoms with Gasteiger partial charge in [0.2, 0.25) is 0 Å². The summed E-state index contributed by atoms with van der Waals surface area (Å²) in [4.78, 5) is 0. The first-order chi connectivity index (χ1) is 8.38. The minimum absolute atomic E-state index is 0.215. The van der Waals surface area contributed by atoms with E-state index in [0.29, 0.717) is 10.0 Å². The van der Waals surface area contributed by atoms with E-state index in [1.165, 1.54) is 6.07 Å². The van der Waals surface area contributed by atoms with Crippen LogP contribution in [0.4, 0.5) is 5.69 Å². The van der Waals surface area contributed by atoms with Gasteiger partial charge in [0.1, 0.15) is 4.21 Å². The molecule has 0 unspecified atom stereocenters. The summed E-state index contributed by atoms with van der Waals surface area (Å²) in [5, 5.41) is 0. The molecule has 2 aromatic rings. The van der Waals surface area contributed by atoms with Crippen LogP contribution < -0.4 is 4.72 Å². The molecule has 2 rings (SSSR count). The highest BCUT2D eigenvalue weighted by molar-refractivity contribution is 7.94. The molecule has 0 aliphatic rings. The molecular formula is C12H12ClNO2S2. The first kappa shape index (κ1) is 13.4. The normalized spacial score (nSPS) is 11.5. The summed E-state index contributed by atoms with van der Waals surface area (Å²) in [6.45, 7) is 3.83. The highest BCUT2D eigenvalue weighted by Gasteiger charge is 2.17. The fourth-order valence-corrected chi connectivity index (χ4v) is 4.18. The number of hydrogen-bond donors (Lipinski definition) is 1. The van der Waals surface area contributed by atoms with Gasteiger partial charge in [-0.05, 0) is 37.6 Å². The topological polar surface area (TPSA) is 46.2 Å². The van der Waals surface area contributed by atoms with E-state index in [1.54, 1.807) is 12.1 Å². The zero-order valence-electron chi connectivity index (χ0n) is 9.90. The second-order valence-corrected chi connectivity index (χ2v) is 7.61. The van der Waals surface area contributed by atoms with E-state index < -0.39 is 10.0 Å². The number of rotatable bonds is 3. The van der Waals surface area contributed by atoms with Gasteiger partial charge in [-0.15, -0.1) is 11.3 Å². The van der Waals surface area contributed by atoms with Gasteiger partial charge in [0, 0.05) is 0 Å². The summed E-state index contributed by atoms with van der Waals surface area (Å²) in [5.41, 5.74) is 2.57. The Morgan fingerprint density at radius 3 is 2.44 bits per heavy atom. The predicted molar refractivity (Wildman–Crippen MR) is 76.1 cm³/mol. The van der Waals surface area contributed by atoms with Gasteiger partial charge in [-0.2, -0.15) is 0 Å². The average molecular weight is 302 g/mol. The summed E-state index contributed by atoms with van der Waals surface area (Å²) in [6.07, 6.45) is 0. The van der Waals surface area contributed by atoms with Crippen molar-refractivity contribution in [2.24, 2.45) is 0 Å². The van der Waals surface area contributed by atoms with E-state index >= 15 is 0 Å². The zero-order chi connectivity index (χ0) is 13.3. The molecule has 1 heterocycles. The molecule has 0 atom stereocenters. The minimum Gasteiger partial charge on any atom is -0.279 e. The van der Waals surface area contributed by atoms with Crippen molar-refractivity contribution in [1.82, 2.24) is 0 Å². The zero-order valence-corrected chi connectivity index (χ0v) is 12.3. The smallest absolute Gasteiger partial charge is 0.271 e. The summed E-state index contributed by atoms with van der Waals surface area (Å²) < 4.78 is 27.4. The quantitative estimate of drug-likeness (QED) is 0.937. The van der Waals surface area contributed by atoms with E-state index in [9.17, 15) is 8.42 Å². The number of benzene rings is 1. The molecule has 18 heavy (non-hydrogen) atoms. The summed E-state index contributed by atoms with van der Waals surface area (Å²) in [7, 11) is -3.54. The van der Waals surface area contributed by atoms with Gasteiger partial charge in [-0.25, -0.2) is 8.42 Å². The largest absolute Gasteiger partial charge is 0.279 e. The summed E-state index contributed by atoms with van der Waals surface area (Å²) in [5.74, 6) is 0. The predicted octanol–water partition coefficient (Wildman–Crippen LogP) is 3.82. The fourth-order valence-electron chi connectivity index (χ4n) is 1.57. The standard InChI is InChI=1S/C12H12ClNO2S2/c1-8-3-4-10(9(2)7-8)14-18(15,16)12-6-5-11(13)17-12/h3-7,14H,1-2H3. The molecule has 0 amide bonds. The molecule has 96 valence electrons. The third-order valence-corrected chi connectivity index (χ3v) is 5.53. The van der Waals surface area contributed by atoms with E-state index in [2.05, 4.69) is 4.72 Å². The lowest BCUT2D eigenvalue weighted by Crippen LogP contribution is -2.12. The van der Waals surface area contributed by atoms with Crippen molar-refractivity contribution < 1.29 is 8.42 Å². The van der Waals surface area contributed by atoms with Gasteiger partial charge >= 0.3 is 0 Å². The van der Waals surface area contributed by atoms with E-state index in [4.69, 9.17) is 11.6 Å². The van der Waals surface area contributed by atoms with Crippen molar-refractivity contribution >= 4 is 38.6 Å². The van der Waals surface area contributed by atoms with Gasteiger partial charge in [0.15, 0.2) is 0 Å². The molecule has 0 radical (unpaired) electrons. The van der Waals surface area contributed by atoms with E-state index in [1.807, 2.05) is 26.0 Å². The number of anilines is 1. The van der Waals surface area contributed by atoms with E-state index in [0.717, 1.165) is 22.5 Å². The van der Waals surface area contributed by atoms with Crippen LogP contribution in [0.15, 0.2) is 34.5 Å². The molecule has 0 spiro atoms. The van der Waals surface area contributed by atoms with Crippen LogP contribution in [0.5, 0.6) is 0 Å². The maximum atomic E-state index is 12.1. The van der Waals surface area contributed by atoms with Crippen LogP contribution in [-0.2, 0) is 10.0 Å². The maximum Gasteiger partial charge on any atom is 0.271 e. The molecule has 0 bridgehead atoms. The minimum atomic E-state index is -3.54. The van der Waals surface area contributed by atoms with Gasteiger partial charge in [0.05, 0.1) is 10.0 Å². The highest BCUT2D eigenvalue weighted by Crippen LogP contribution is 2.28. The van der Waals surface area contributed by atoms with Gasteiger partial charge in [0.25, 0.3) is 10.0 Å².